The predicted molar refractivity (Wildman–Crippen MR) is 55.0 cm³/mol. The first-order valence-corrected chi connectivity index (χ1v) is 5.20. The minimum Gasteiger partial charge on any atom is -0.398 e. The number of nitrogens with two attached hydrogens (primary N) is 1. The highest BCUT2D eigenvalue weighted by atomic mass is 79.9. The van der Waals surface area contributed by atoms with E-state index < -0.39 is 0 Å². The van der Waals surface area contributed by atoms with Crippen molar-refractivity contribution >= 4 is 33.4 Å². The third-order valence-corrected chi connectivity index (χ3v) is 3.24. The second-order valence-electron chi connectivity index (χ2n) is 2.09. The molecule has 0 saturated heterocycles. The Kier molecular flexibility index (Phi) is 3.27. The van der Waals surface area contributed by atoms with Crippen molar-refractivity contribution in [2.24, 2.45) is 0 Å². The molecule has 0 fully saturated rings. The molecule has 1 nitrogen and oxygen atoms in total. The first kappa shape index (κ1) is 8.94. The fraction of sp³-hybridized carbons (Fsp3) is 0.250. The SMILES string of the molecule is CCSc1c(N)cccc1Br. The Labute approximate surface area is 79.5 Å². The van der Waals surface area contributed by atoms with Gasteiger partial charge in [-0.05, 0) is 33.8 Å². The van der Waals surface area contributed by atoms with Crippen LogP contribution in [0.4, 0.5) is 5.69 Å². The summed E-state index contributed by atoms with van der Waals surface area (Å²) in [6.45, 7) is 2.11. The van der Waals surface area contributed by atoms with Gasteiger partial charge in [0.05, 0.1) is 0 Å². The lowest BCUT2D eigenvalue weighted by molar-refractivity contribution is 1.39. The molecule has 0 saturated carbocycles. The normalized spacial score (nSPS) is 10.0. The van der Waals surface area contributed by atoms with E-state index in [1.165, 1.54) is 0 Å². The minimum atomic E-state index is 0.853. The van der Waals surface area contributed by atoms with E-state index in [0.29, 0.717) is 0 Å². The van der Waals surface area contributed by atoms with Gasteiger partial charge in [0.15, 0.2) is 0 Å². The van der Waals surface area contributed by atoms with Crippen LogP contribution in [0.25, 0.3) is 0 Å². The van der Waals surface area contributed by atoms with Gasteiger partial charge in [0.2, 0.25) is 0 Å². The maximum atomic E-state index is 5.76. The molecular formula is C8H10BrNS. The molecule has 0 aliphatic heterocycles. The van der Waals surface area contributed by atoms with Gasteiger partial charge in [-0.2, -0.15) is 0 Å². The summed E-state index contributed by atoms with van der Waals surface area (Å²) in [5, 5.41) is 0. The Bertz CT molecular complexity index is 230. The van der Waals surface area contributed by atoms with Crippen molar-refractivity contribution in [2.75, 3.05) is 11.5 Å². The Balaban J connectivity index is 3.00. The quantitative estimate of drug-likeness (QED) is 0.626. The molecule has 1 rings (SSSR count). The standard InChI is InChI=1S/C8H10BrNS/c1-2-11-8-6(9)4-3-5-7(8)10/h3-5H,2,10H2,1H3. The van der Waals surface area contributed by atoms with Gasteiger partial charge in [-0.25, -0.2) is 0 Å². The first-order chi connectivity index (χ1) is 5.25. The second kappa shape index (κ2) is 4.02. The van der Waals surface area contributed by atoms with E-state index in [1.54, 1.807) is 11.8 Å². The number of hydrogen-bond acceptors (Lipinski definition) is 2. The van der Waals surface area contributed by atoms with Crippen LogP contribution >= 0.6 is 27.7 Å². The van der Waals surface area contributed by atoms with Crippen LogP contribution in [-0.4, -0.2) is 5.75 Å². The minimum absolute atomic E-state index is 0.853. The summed E-state index contributed by atoms with van der Waals surface area (Å²) in [6.07, 6.45) is 0. The highest BCUT2D eigenvalue weighted by Gasteiger charge is 2.01. The average molecular weight is 232 g/mol. The Morgan fingerprint density at radius 3 is 2.82 bits per heavy atom. The zero-order chi connectivity index (χ0) is 8.27. The van der Waals surface area contributed by atoms with Crippen molar-refractivity contribution in [1.82, 2.24) is 0 Å². The van der Waals surface area contributed by atoms with Crippen molar-refractivity contribution in [3.63, 3.8) is 0 Å². The smallest absolute Gasteiger partial charge is 0.0463 e. The summed E-state index contributed by atoms with van der Waals surface area (Å²) in [5.41, 5.74) is 6.61. The third kappa shape index (κ3) is 2.14. The summed E-state index contributed by atoms with van der Waals surface area (Å²) < 4.78 is 1.09. The van der Waals surface area contributed by atoms with Crippen LogP contribution in [0, 0.1) is 0 Å². The molecule has 0 bridgehead atoms. The zero-order valence-electron chi connectivity index (χ0n) is 6.30. The van der Waals surface area contributed by atoms with Gasteiger partial charge in [-0.1, -0.05) is 13.0 Å². The maximum Gasteiger partial charge on any atom is 0.0463 e. The van der Waals surface area contributed by atoms with E-state index in [-0.39, 0.29) is 0 Å². The van der Waals surface area contributed by atoms with E-state index in [0.717, 1.165) is 20.8 Å². The summed E-state index contributed by atoms with van der Waals surface area (Å²) >= 11 is 5.20. The summed E-state index contributed by atoms with van der Waals surface area (Å²) in [6, 6.07) is 5.87. The Morgan fingerprint density at radius 1 is 1.55 bits per heavy atom. The van der Waals surface area contributed by atoms with Crippen molar-refractivity contribution in [1.29, 1.82) is 0 Å². The molecule has 60 valence electrons. The molecule has 0 spiro atoms. The second-order valence-corrected chi connectivity index (χ2v) is 4.22. The van der Waals surface area contributed by atoms with Gasteiger partial charge < -0.3 is 5.73 Å². The van der Waals surface area contributed by atoms with Crippen molar-refractivity contribution in [2.45, 2.75) is 11.8 Å². The number of benzene rings is 1. The van der Waals surface area contributed by atoms with Gasteiger partial charge in [-0.3, -0.25) is 0 Å². The van der Waals surface area contributed by atoms with Crippen LogP contribution < -0.4 is 5.73 Å². The molecule has 1 aromatic carbocycles. The molecule has 2 N–H and O–H groups in total. The molecule has 0 radical (unpaired) electrons. The van der Waals surface area contributed by atoms with Crippen molar-refractivity contribution < 1.29 is 0 Å². The molecule has 0 unspecified atom stereocenters. The number of thioether (sulfide) groups is 1. The zero-order valence-corrected chi connectivity index (χ0v) is 8.71. The lowest BCUT2D eigenvalue weighted by Crippen LogP contribution is -1.88. The van der Waals surface area contributed by atoms with Crippen LogP contribution in [0.2, 0.25) is 0 Å². The van der Waals surface area contributed by atoms with Gasteiger partial charge in [-0.15, -0.1) is 11.8 Å². The fourth-order valence-electron chi connectivity index (χ4n) is 0.822. The van der Waals surface area contributed by atoms with Crippen molar-refractivity contribution in [3.05, 3.63) is 22.7 Å². The highest BCUT2D eigenvalue weighted by molar-refractivity contribution is 9.10. The van der Waals surface area contributed by atoms with Crippen molar-refractivity contribution in [3.8, 4) is 0 Å². The lowest BCUT2D eigenvalue weighted by atomic mass is 10.3. The van der Waals surface area contributed by atoms with E-state index in [4.69, 9.17) is 5.73 Å². The van der Waals surface area contributed by atoms with Gasteiger partial charge in [0.25, 0.3) is 0 Å². The van der Waals surface area contributed by atoms with E-state index in [2.05, 4.69) is 22.9 Å². The van der Waals surface area contributed by atoms with Gasteiger partial charge in [0.1, 0.15) is 0 Å². The molecule has 0 aliphatic rings. The maximum absolute atomic E-state index is 5.76. The summed E-state index contributed by atoms with van der Waals surface area (Å²) in [4.78, 5) is 1.15. The molecule has 0 aromatic heterocycles. The average Bonchev–Trinajstić information content (AvgIpc) is 1.97. The van der Waals surface area contributed by atoms with Crippen LogP contribution in [0.5, 0.6) is 0 Å². The van der Waals surface area contributed by atoms with Gasteiger partial charge >= 0.3 is 0 Å². The van der Waals surface area contributed by atoms with E-state index >= 15 is 0 Å². The number of anilines is 1. The van der Waals surface area contributed by atoms with Crippen LogP contribution in [0.1, 0.15) is 6.92 Å². The number of halogens is 1. The van der Waals surface area contributed by atoms with Crippen LogP contribution in [0.3, 0.4) is 0 Å². The summed E-state index contributed by atoms with van der Waals surface area (Å²) in [7, 11) is 0. The van der Waals surface area contributed by atoms with Crippen LogP contribution in [0.15, 0.2) is 27.6 Å². The monoisotopic (exact) mass is 231 g/mol. The molecule has 3 heteroatoms. The number of nitrogen functional groups attached to an aromatic ring is 1. The molecule has 11 heavy (non-hydrogen) atoms. The van der Waals surface area contributed by atoms with E-state index in [9.17, 15) is 0 Å². The molecular weight excluding hydrogens is 222 g/mol. The Hall–Kier alpha value is -0.150. The molecule has 0 amide bonds. The number of hydrogen-bond donors (Lipinski definition) is 1. The first-order valence-electron chi connectivity index (χ1n) is 3.42. The van der Waals surface area contributed by atoms with Gasteiger partial charge in [0, 0.05) is 15.1 Å². The number of rotatable bonds is 2. The van der Waals surface area contributed by atoms with E-state index in [1.807, 2.05) is 18.2 Å². The molecule has 0 heterocycles. The fourth-order valence-corrected chi connectivity index (χ4v) is 2.28. The topological polar surface area (TPSA) is 26.0 Å². The third-order valence-electron chi connectivity index (χ3n) is 1.29. The largest absolute Gasteiger partial charge is 0.398 e. The summed E-state index contributed by atoms with van der Waals surface area (Å²) in [5.74, 6) is 1.05. The Morgan fingerprint density at radius 2 is 2.27 bits per heavy atom. The van der Waals surface area contributed by atoms with Crippen LogP contribution in [-0.2, 0) is 0 Å². The molecule has 1 aromatic rings. The predicted octanol–water partition coefficient (Wildman–Crippen LogP) is 3.14. The lowest BCUT2D eigenvalue weighted by Gasteiger charge is -2.04. The highest BCUT2D eigenvalue weighted by Crippen LogP contribution is 2.32. The molecule has 0 atom stereocenters. The molecule has 0 aliphatic carbocycles.